The second-order valence-electron chi connectivity index (χ2n) is 4.22. The van der Waals surface area contributed by atoms with E-state index in [1.165, 1.54) is 6.07 Å². The zero-order valence-electron chi connectivity index (χ0n) is 10.4. The minimum Gasteiger partial charge on any atom is -0.507 e. The molecule has 94 valence electrons. The van der Waals surface area contributed by atoms with Crippen LogP contribution in [0.3, 0.4) is 0 Å². The fourth-order valence-electron chi connectivity index (χ4n) is 1.68. The Kier molecular flexibility index (Phi) is 5.00. The Balaban J connectivity index is 2.92. The van der Waals surface area contributed by atoms with Crippen molar-refractivity contribution in [2.45, 2.75) is 32.7 Å². The van der Waals surface area contributed by atoms with Gasteiger partial charge in [0, 0.05) is 17.6 Å². The van der Waals surface area contributed by atoms with E-state index >= 15 is 0 Å². The van der Waals surface area contributed by atoms with Crippen molar-refractivity contribution >= 4 is 21.8 Å². The topological polar surface area (TPSA) is 40.5 Å². The molecule has 1 amide bonds. The Morgan fingerprint density at radius 1 is 1.53 bits per heavy atom. The van der Waals surface area contributed by atoms with Crippen LogP contribution in [0.1, 0.15) is 37.0 Å². The molecule has 0 radical (unpaired) electrons. The third kappa shape index (κ3) is 3.46. The van der Waals surface area contributed by atoms with Crippen LogP contribution in [0.2, 0.25) is 0 Å². The van der Waals surface area contributed by atoms with Crippen molar-refractivity contribution < 1.29 is 9.90 Å². The van der Waals surface area contributed by atoms with E-state index in [1.807, 2.05) is 6.92 Å². The highest BCUT2D eigenvalue weighted by Gasteiger charge is 2.19. The maximum atomic E-state index is 12.2. The van der Waals surface area contributed by atoms with Crippen molar-refractivity contribution in [3.05, 3.63) is 28.2 Å². The Bertz CT molecular complexity index is 406. The fraction of sp³-hybridized carbons (Fsp3) is 0.462. The summed E-state index contributed by atoms with van der Waals surface area (Å²) < 4.78 is 0.787. The lowest BCUT2D eigenvalue weighted by Gasteiger charge is -2.25. The van der Waals surface area contributed by atoms with Crippen LogP contribution in [0.15, 0.2) is 22.7 Å². The van der Waals surface area contributed by atoms with E-state index in [0.29, 0.717) is 5.56 Å². The van der Waals surface area contributed by atoms with Crippen LogP contribution in [0, 0.1) is 0 Å². The van der Waals surface area contributed by atoms with Crippen molar-refractivity contribution in [3.8, 4) is 5.75 Å². The molecule has 1 aromatic carbocycles. The Hall–Kier alpha value is -1.03. The van der Waals surface area contributed by atoms with Crippen LogP contribution in [-0.4, -0.2) is 29.0 Å². The number of carbonyl (C=O) groups is 1. The molecule has 0 saturated heterocycles. The second kappa shape index (κ2) is 6.05. The van der Waals surface area contributed by atoms with Crippen molar-refractivity contribution in [1.29, 1.82) is 0 Å². The van der Waals surface area contributed by atoms with Crippen molar-refractivity contribution in [2.75, 3.05) is 7.05 Å². The van der Waals surface area contributed by atoms with Crippen LogP contribution in [0.4, 0.5) is 0 Å². The van der Waals surface area contributed by atoms with Crippen molar-refractivity contribution in [3.63, 3.8) is 0 Å². The van der Waals surface area contributed by atoms with Crippen LogP contribution in [0.25, 0.3) is 0 Å². The van der Waals surface area contributed by atoms with Gasteiger partial charge in [0.2, 0.25) is 0 Å². The lowest BCUT2D eigenvalue weighted by molar-refractivity contribution is 0.0733. The zero-order chi connectivity index (χ0) is 13.0. The van der Waals surface area contributed by atoms with Gasteiger partial charge in [-0.15, -0.1) is 0 Å². The number of carbonyl (C=O) groups excluding carboxylic acids is 1. The summed E-state index contributed by atoms with van der Waals surface area (Å²) in [4.78, 5) is 13.9. The van der Waals surface area contributed by atoms with E-state index in [2.05, 4.69) is 22.9 Å². The van der Waals surface area contributed by atoms with E-state index in [1.54, 1.807) is 24.1 Å². The molecule has 1 N–H and O–H groups in total. The number of aromatic hydroxyl groups is 1. The summed E-state index contributed by atoms with van der Waals surface area (Å²) in [5.74, 6) is -0.126. The molecule has 0 aliphatic rings. The van der Waals surface area contributed by atoms with Gasteiger partial charge in [0.05, 0.1) is 5.56 Å². The number of halogens is 1. The molecule has 0 heterocycles. The van der Waals surface area contributed by atoms with Gasteiger partial charge in [0.25, 0.3) is 5.91 Å². The summed E-state index contributed by atoms with van der Waals surface area (Å²) in [5, 5.41) is 9.70. The van der Waals surface area contributed by atoms with Crippen molar-refractivity contribution in [2.24, 2.45) is 0 Å². The van der Waals surface area contributed by atoms with E-state index in [4.69, 9.17) is 0 Å². The molecule has 0 spiro atoms. The van der Waals surface area contributed by atoms with Gasteiger partial charge in [0.15, 0.2) is 0 Å². The SMILES string of the molecule is CCCC(C)N(C)C(=O)c1cc(Br)ccc1O. The van der Waals surface area contributed by atoms with Gasteiger partial charge in [-0.1, -0.05) is 29.3 Å². The summed E-state index contributed by atoms with van der Waals surface area (Å²) in [6, 6.07) is 5.05. The highest BCUT2D eigenvalue weighted by Crippen LogP contribution is 2.23. The quantitative estimate of drug-likeness (QED) is 0.925. The minimum atomic E-state index is -0.148. The first-order valence-electron chi connectivity index (χ1n) is 5.73. The molecule has 3 nitrogen and oxygen atoms in total. The van der Waals surface area contributed by atoms with Crippen LogP contribution in [-0.2, 0) is 0 Å². The third-order valence-corrected chi connectivity index (χ3v) is 3.37. The first-order chi connectivity index (χ1) is 7.97. The van der Waals surface area contributed by atoms with Gasteiger partial charge in [-0.3, -0.25) is 4.79 Å². The lowest BCUT2D eigenvalue weighted by atomic mass is 10.1. The fourth-order valence-corrected chi connectivity index (χ4v) is 2.04. The minimum absolute atomic E-state index is 0.0220. The van der Waals surface area contributed by atoms with Gasteiger partial charge in [-0.25, -0.2) is 0 Å². The lowest BCUT2D eigenvalue weighted by Crippen LogP contribution is -2.35. The van der Waals surface area contributed by atoms with E-state index in [9.17, 15) is 9.90 Å². The van der Waals surface area contributed by atoms with Gasteiger partial charge in [0.1, 0.15) is 5.75 Å². The molecule has 0 aliphatic heterocycles. The number of benzene rings is 1. The average Bonchev–Trinajstić information content (AvgIpc) is 2.30. The van der Waals surface area contributed by atoms with E-state index < -0.39 is 0 Å². The first kappa shape index (κ1) is 14.0. The van der Waals surface area contributed by atoms with Crippen LogP contribution in [0.5, 0.6) is 5.75 Å². The highest BCUT2D eigenvalue weighted by molar-refractivity contribution is 9.10. The number of amides is 1. The maximum Gasteiger partial charge on any atom is 0.257 e. The summed E-state index contributed by atoms with van der Waals surface area (Å²) >= 11 is 3.30. The number of hydrogen-bond donors (Lipinski definition) is 1. The number of rotatable bonds is 4. The molecule has 0 aromatic heterocycles. The predicted octanol–water partition coefficient (Wildman–Crippen LogP) is 3.42. The molecular weight excluding hydrogens is 282 g/mol. The molecule has 1 rings (SSSR count). The van der Waals surface area contributed by atoms with Gasteiger partial charge in [-0.2, -0.15) is 0 Å². The summed E-state index contributed by atoms with van der Waals surface area (Å²) in [7, 11) is 1.77. The molecule has 0 bridgehead atoms. The number of nitrogens with zero attached hydrogens (tertiary/aromatic N) is 1. The normalized spacial score (nSPS) is 12.2. The number of phenols is 1. The average molecular weight is 300 g/mol. The molecule has 0 fully saturated rings. The smallest absolute Gasteiger partial charge is 0.257 e. The summed E-state index contributed by atoms with van der Waals surface area (Å²) in [6.45, 7) is 4.10. The number of hydrogen-bond acceptors (Lipinski definition) is 2. The monoisotopic (exact) mass is 299 g/mol. The highest BCUT2D eigenvalue weighted by atomic mass is 79.9. The Labute approximate surface area is 111 Å². The van der Waals surface area contributed by atoms with Crippen LogP contribution >= 0.6 is 15.9 Å². The summed E-state index contributed by atoms with van der Waals surface area (Å²) in [5.41, 5.74) is 0.338. The second-order valence-corrected chi connectivity index (χ2v) is 5.13. The Morgan fingerprint density at radius 2 is 2.18 bits per heavy atom. The van der Waals surface area contributed by atoms with Gasteiger partial charge >= 0.3 is 0 Å². The zero-order valence-corrected chi connectivity index (χ0v) is 12.0. The predicted molar refractivity (Wildman–Crippen MR) is 72.3 cm³/mol. The molecule has 0 saturated carbocycles. The van der Waals surface area contributed by atoms with Crippen molar-refractivity contribution in [1.82, 2.24) is 4.90 Å². The molecule has 17 heavy (non-hydrogen) atoms. The molecular formula is C13H18BrNO2. The van der Waals surface area contributed by atoms with Crippen LogP contribution < -0.4 is 0 Å². The first-order valence-corrected chi connectivity index (χ1v) is 6.52. The molecule has 4 heteroatoms. The molecule has 1 atom stereocenters. The van der Waals surface area contributed by atoms with E-state index in [0.717, 1.165) is 17.3 Å². The molecule has 1 unspecified atom stereocenters. The maximum absolute atomic E-state index is 12.2. The number of phenolic OH excluding ortho intramolecular Hbond substituents is 1. The third-order valence-electron chi connectivity index (χ3n) is 2.88. The summed E-state index contributed by atoms with van der Waals surface area (Å²) in [6.07, 6.45) is 1.99. The van der Waals surface area contributed by atoms with Gasteiger partial charge in [-0.05, 0) is 31.5 Å². The Morgan fingerprint density at radius 3 is 2.76 bits per heavy atom. The largest absolute Gasteiger partial charge is 0.507 e. The molecule has 1 aromatic rings. The molecule has 0 aliphatic carbocycles. The standard InChI is InChI=1S/C13H18BrNO2/c1-4-5-9(2)15(3)13(17)11-8-10(14)6-7-12(11)16/h6-9,16H,4-5H2,1-3H3. The van der Waals surface area contributed by atoms with E-state index in [-0.39, 0.29) is 17.7 Å². The van der Waals surface area contributed by atoms with Gasteiger partial charge < -0.3 is 10.0 Å².